The molecule has 1 aliphatic heterocycles. The monoisotopic (exact) mass is 247 g/mol. The SMILES string of the molecule is CCOC(=O)CC(O)CN1CCSC(C)C1. The van der Waals surface area contributed by atoms with Crippen molar-refractivity contribution in [3.8, 4) is 0 Å². The summed E-state index contributed by atoms with van der Waals surface area (Å²) in [5.41, 5.74) is 0. The van der Waals surface area contributed by atoms with Crippen molar-refractivity contribution in [1.82, 2.24) is 4.90 Å². The van der Waals surface area contributed by atoms with Gasteiger partial charge in [0.2, 0.25) is 0 Å². The van der Waals surface area contributed by atoms with Crippen molar-refractivity contribution in [3.63, 3.8) is 0 Å². The Kier molecular flexibility index (Phi) is 6.16. The second-order valence-corrected chi connectivity index (χ2v) is 5.65. The molecule has 1 saturated heterocycles. The first-order chi connectivity index (χ1) is 7.61. The molecule has 1 rings (SSSR count). The average Bonchev–Trinajstić information content (AvgIpc) is 2.17. The highest BCUT2D eigenvalue weighted by Crippen LogP contribution is 2.18. The predicted molar refractivity (Wildman–Crippen MR) is 65.6 cm³/mol. The molecule has 16 heavy (non-hydrogen) atoms. The molecular formula is C11H21NO3S. The number of aliphatic hydroxyl groups is 1. The molecule has 0 aliphatic carbocycles. The molecule has 0 amide bonds. The number of aliphatic hydroxyl groups excluding tert-OH is 1. The summed E-state index contributed by atoms with van der Waals surface area (Å²) in [6.07, 6.45) is -0.499. The Morgan fingerprint density at radius 3 is 3.06 bits per heavy atom. The third-order valence-electron chi connectivity index (χ3n) is 2.50. The smallest absolute Gasteiger partial charge is 0.308 e. The first-order valence-electron chi connectivity index (χ1n) is 5.79. The van der Waals surface area contributed by atoms with Crippen molar-refractivity contribution < 1.29 is 14.6 Å². The van der Waals surface area contributed by atoms with Crippen LogP contribution in [0.1, 0.15) is 20.3 Å². The van der Waals surface area contributed by atoms with Crippen LogP contribution >= 0.6 is 11.8 Å². The van der Waals surface area contributed by atoms with E-state index in [4.69, 9.17) is 4.74 Å². The van der Waals surface area contributed by atoms with Crippen LogP contribution in [0.15, 0.2) is 0 Å². The Balaban J connectivity index is 2.22. The molecule has 1 aliphatic rings. The van der Waals surface area contributed by atoms with Crippen LogP contribution in [0, 0.1) is 0 Å². The van der Waals surface area contributed by atoms with Gasteiger partial charge in [0.05, 0.1) is 19.1 Å². The van der Waals surface area contributed by atoms with Gasteiger partial charge in [-0.1, -0.05) is 6.92 Å². The summed E-state index contributed by atoms with van der Waals surface area (Å²) in [7, 11) is 0. The zero-order valence-electron chi connectivity index (χ0n) is 10.0. The van der Waals surface area contributed by atoms with Crippen molar-refractivity contribution in [3.05, 3.63) is 0 Å². The van der Waals surface area contributed by atoms with Gasteiger partial charge in [0, 0.05) is 30.6 Å². The number of hydrogen-bond acceptors (Lipinski definition) is 5. The molecule has 0 bridgehead atoms. The van der Waals surface area contributed by atoms with Crippen LogP contribution in [0.3, 0.4) is 0 Å². The quantitative estimate of drug-likeness (QED) is 0.726. The molecule has 0 radical (unpaired) electrons. The number of thioether (sulfide) groups is 1. The Hall–Kier alpha value is -0.260. The van der Waals surface area contributed by atoms with Crippen molar-refractivity contribution in [2.45, 2.75) is 31.6 Å². The van der Waals surface area contributed by atoms with Crippen LogP contribution in [-0.4, -0.2) is 59.3 Å². The van der Waals surface area contributed by atoms with E-state index in [1.54, 1.807) is 6.92 Å². The first-order valence-corrected chi connectivity index (χ1v) is 6.84. The van der Waals surface area contributed by atoms with Crippen molar-refractivity contribution in [2.24, 2.45) is 0 Å². The standard InChI is InChI=1S/C11H21NO3S/c1-3-15-11(14)6-10(13)8-12-4-5-16-9(2)7-12/h9-10,13H,3-8H2,1-2H3. The van der Waals surface area contributed by atoms with Crippen molar-refractivity contribution in [1.29, 1.82) is 0 Å². The number of nitrogens with zero attached hydrogens (tertiary/aromatic N) is 1. The average molecular weight is 247 g/mol. The highest BCUT2D eigenvalue weighted by molar-refractivity contribution is 7.99. The number of rotatable bonds is 5. The van der Waals surface area contributed by atoms with E-state index in [-0.39, 0.29) is 12.4 Å². The van der Waals surface area contributed by atoms with Gasteiger partial charge >= 0.3 is 5.97 Å². The molecule has 1 heterocycles. The normalized spacial score (nSPS) is 24.1. The van der Waals surface area contributed by atoms with Crippen LogP contribution in [0.5, 0.6) is 0 Å². The maximum Gasteiger partial charge on any atom is 0.308 e. The van der Waals surface area contributed by atoms with Crippen LogP contribution in [-0.2, 0) is 9.53 Å². The predicted octanol–water partition coefficient (Wildman–Crippen LogP) is 0.738. The minimum Gasteiger partial charge on any atom is -0.466 e. The van der Waals surface area contributed by atoms with E-state index >= 15 is 0 Å². The molecule has 0 aromatic heterocycles. The van der Waals surface area contributed by atoms with Crippen LogP contribution in [0.25, 0.3) is 0 Å². The van der Waals surface area contributed by atoms with E-state index in [0.29, 0.717) is 18.4 Å². The fraction of sp³-hybridized carbons (Fsp3) is 0.909. The van der Waals surface area contributed by atoms with Gasteiger partial charge in [-0.15, -0.1) is 0 Å². The lowest BCUT2D eigenvalue weighted by atomic mass is 10.2. The number of hydrogen-bond donors (Lipinski definition) is 1. The molecule has 2 atom stereocenters. The van der Waals surface area contributed by atoms with Gasteiger partial charge in [0.1, 0.15) is 0 Å². The molecule has 1 N–H and O–H groups in total. The molecule has 0 spiro atoms. The highest BCUT2D eigenvalue weighted by atomic mass is 32.2. The molecule has 5 heteroatoms. The summed E-state index contributed by atoms with van der Waals surface area (Å²) in [6, 6.07) is 0. The number of carbonyl (C=O) groups is 1. The molecule has 2 unspecified atom stereocenters. The Morgan fingerprint density at radius 2 is 2.44 bits per heavy atom. The lowest BCUT2D eigenvalue weighted by Crippen LogP contribution is -2.41. The fourth-order valence-electron chi connectivity index (χ4n) is 1.83. The lowest BCUT2D eigenvalue weighted by molar-refractivity contribution is -0.145. The molecule has 1 fully saturated rings. The van der Waals surface area contributed by atoms with Gasteiger partial charge < -0.3 is 9.84 Å². The third-order valence-corrected chi connectivity index (χ3v) is 3.64. The summed E-state index contributed by atoms with van der Waals surface area (Å²) < 4.78 is 4.80. The largest absolute Gasteiger partial charge is 0.466 e. The van der Waals surface area contributed by atoms with E-state index in [2.05, 4.69) is 11.8 Å². The molecular weight excluding hydrogens is 226 g/mol. The molecule has 0 saturated carbocycles. The zero-order chi connectivity index (χ0) is 12.0. The van der Waals surface area contributed by atoms with Gasteiger partial charge in [0.25, 0.3) is 0 Å². The Morgan fingerprint density at radius 1 is 1.69 bits per heavy atom. The summed E-state index contributed by atoms with van der Waals surface area (Å²) in [5, 5.41) is 10.3. The van der Waals surface area contributed by atoms with Gasteiger partial charge in [-0.25, -0.2) is 0 Å². The fourth-order valence-corrected chi connectivity index (χ4v) is 2.91. The second kappa shape index (κ2) is 7.14. The van der Waals surface area contributed by atoms with E-state index in [1.807, 2.05) is 11.8 Å². The van der Waals surface area contributed by atoms with E-state index in [0.717, 1.165) is 18.8 Å². The van der Waals surface area contributed by atoms with Gasteiger partial charge in [-0.3, -0.25) is 9.69 Å². The highest BCUT2D eigenvalue weighted by Gasteiger charge is 2.20. The van der Waals surface area contributed by atoms with Crippen LogP contribution in [0.4, 0.5) is 0 Å². The molecule has 94 valence electrons. The van der Waals surface area contributed by atoms with E-state index < -0.39 is 6.10 Å². The maximum absolute atomic E-state index is 11.2. The van der Waals surface area contributed by atoms with Gasteiger partial charge in [-0.05, 0) is 6.92 Å². The number of β-amino-alcohol motifs (C(OH)–C–C–N with tert-alkyl or cyclic N) is 1. The minimum atomic E-state index is -0.602. The first kappa shape index (κ1) is 13.8. The minimum absolute atomic E-state index is 0.103. The summed E-state index contributed by atoms with van der Waals surface area (Å²) in [5.74, 6) is 0.794. The van der Waals surface area contributed by atoms with Crippen LogP contribution < -0.4 is 0 Å². The Bertz CT molecular complexity index is 225. The number of carbonyl (C=O) groups excluding carboxylic acids is 1. The second-order valence-electron chi connectivity index (χ2n) is 4.10. The number of ether oxygens (including phenoxy) is 1. The lowest BCUT2D eigenvalue weighted by Gasteiger charge is -2.31. The van der Waals surface area contributed by atoms with Crippen LogP contribution in [0.2, 0.25) is 0 Å². The summed E-state index contributed by atoms with van der Waals surface area (Å²) in [4.78, 5) is 13.4. The zero-order valence-corrected chi connectivity index (χ0v) is 10.8. The topological polar surface area (TPSA) is 49.8 Å². The Labute approximate surface area is 101 Å². The van der Waals surface area contributed by atoms with E-state index in [1.165, 1.54) is 0 Å². The van der Waals surface area contributed by atoms with Gasteiger partial charge in [0.15, 0.2) is 0 Å². The molecule has 0 aromatic rings. The number of esters is 1. The van der Waals surface area contributed by atoms with Gasteiger partial charge in [-0.2, -0.15) is 11.8 Å². The molecule has 4 nitrogen and oxygen atoms in total. The third kappa shape index (κ3) is 5.18. The summed E-state index contributed by atoms with van der Waals surface area (Å²) >= 11 is 1.96. The maximum atomic E-state index is 11.2. The summed E-state index contributed by atoms with van der Waals surface area (Å²) in [6.45, 7) is 6.90. The van der Waals surface area contributed by atoms with Crippen molar-refractivity contribution >= 4 is 17.7 Å². The van der Waals surface area contributed by atoms with Crippen molar-refractivity contribution in [2.75, 3.05) is 32.0 Å². The molecule has 0 aromatic carbocycles. The van der Waals surface area contributed by atoms with E-state index in [9.17, 15) is 9.90 Å².